The van der Waals surface area contributed by atoms with Crippen LogP contribution in [-0.2, 0) is 0 Å². The molecule has 1 heterocycles. The SMILES string of the molecule is CCC(N)CSc1ccncc1. The Morgan fingerprint density at radius 1 is 1.50 bits per heavy atom. The minimum Gasteiger partial charge on any atom is -0.327 e. The second kappa shape index (κ2) is 5.17. The van der Waals surface area contributed by atoms with Crippen molar-refractivity contribution < 1.29 is 0 Å². The fourth-order valence-electron chi connectivity index (χ4n) is 0.756. The van der Waals surface area contributed by atoms with Crippen molar-refractivity contribution >= 4 is 11.8 Å². The van der Waals surface area contributed by atoms with E-state index in [2.05, 4.69) is 11.9 Å². The molecule has 1 atom stereocenters. The van der Waals surface area contributed by atoms with Crippen LogP contribution in [0.3, 0.4) is 0 Å². The Balaban J connectivity index is 2.33. The van der Waals surface area contributed by atoms with Crippen molar-refractivity contribution in [2.24, 2.45) is 5.73 Å². The first-order valence-electron chi connectivity index (χ1n) is 4.11. The molecule has 0 bridgehead atoms. The molecule has 1 aromatic rings. The van der Waals surface area contributed by atoms with Gasteiger partial charge in [-0.2, -0.15) is 0 Å². The normalized spacial score (nSPS) is 12.8. The van der Waals surface area contributed by atoms with Crippen molar-refractivity contribution in [1.82, 2.24) is 4.98 Å². The van der Waals surface area contributed by atoms with Crippen LogP contribution in [0.1, 0.15) is 13.3 Å². The Kier molecular flexibility index (Phi) is 4.11. The fraction of sp³-hybridized carbons (Fsp3) is 0.444. The molecule has 66 valence electrons. The highest BCUT2D eigenvalue weighted by atomic mass is 32.2. The molecule has 1 aromatic heterocycles. The van der Waals surface area contributed by atoms with Gasteiger partial charge in [0.2, 0.25) is 0 Å². The van der Waals surface area contributed by atoms with E-state index in [1.54, 1.807) is 24.2 Å². The number of hydrogen-bond acceptors (Lipinski definition) is 3. The molecule has 0 aliphatic carbocycles. The molecule has 0 aliphatic heterocycles. The van der Waals surface area contributed by atoms with Crippen molar-refractivity contribution in [3.05, 3.63) is 24.5 Å². The Hall–Kier alpha value is -0.540. The summed E-state index contributed by atoms with van der Waals surface area (Å²) in [7, 11) is 0. The zero-order valence-corrected chi connectivity index (χ0v) is 8.05. The number of nitrogens with zero attached hydrogens (tertiary/aromatic N) is 1. The molecule has 0 amide bonds. The van der Waals surface area contributed by atoms with Crippen molar-refractivity contribution in [2.75, 3.05) is 5.75 Å². The van der Waals surface area contributed by atoms with Crippen LogP contribution in [0.2, 0.25) is 0 Å². The van der Waals surface area contributed by atoms with Crippen LogP contribution in [-0.4, -0.2) is 16.8 Å². The maximum atomic E-state index is 5.78. The Morgan fingerprint density at radius 3 is 2.75 bits per heavy atom. The van der Waals surface area contributed by atoms with Gasteiger partial charge < -0.3 is 5.73 Å². The molecule has 0 spiro atoms. The van der Waals surface area contributed by atoms with Crippen LogP contribution in [0, 0.1) is 0 Å². The van der Waals surface area contributed by atoms with Gasteiger partial charge in [-0.25, -0.2) is 0 Å². The monoisotopic (exact) mass is 182 g/mol. The average molecular weight is 182 g/mol. The van der Waals surface area contributed by atoms with Crippen LogP contribution < -0.4 is 5.73 Å². The van der Waals surface area contributed by atoms with E-state index >= 15 is 0 Å². The van der Waals surface area contributed by atoms with Crippen LogP contribution >= 0.6 is 11.8 Å². The molecule has 2 nitrogen and oxygen atoms in total. The van der Waals surface area contributed by atoms with Crippen molar-refractivity contribution in [3.63, 3.8) is 0 Å². The van der Waals surface area contributed by atoms with E-state index in [0.29, 0.717) is 6.04 Å². The third kappa shape index (κ3) is 3.24. The van der Waals surface area contributed by atoms with Crippen molar-refractivity contribution in [1.29, 1.82) is 0 Å². The fourth-order valence-corrected chi connectivity index (χ4v) is 1.71. The molecule has 1 unspecified atom stereocenters. The molecule has 0 saturated heterocycles. The van der Waals surface area contributed by atoms with Crippen LogP contribution in [0.5, 0.6) is 0 Å². The molecule has 0 fully saturated rings. The third-order valence-electron chi connectivity index (χ3n) is 1.64. The van der Waals surface area contributed by atoms with Gasteiger partial charge in [-0.15, -0.1) is 11.8 Å². The summed E-state index contributed by atoms with van der Waals surface area (Å²) in [6, 6.07) is 4.32. The number of aromatic nitrogens is 1. The first-order valence-corrected chi connectivity index (χ1v) is 5.10. The standard InChI is InChI=1S/C9H14N2S/c1-2-8(10)7-12-9-3-5-11-6-4-9/h3-6,8H,2,7,10H2,1H3. The molecular weight excluding hydrogens is 168 g/mol. The van der Waals surface area contributed by atoms with E-state index in [1.807, 2.05) is 12.1 Å². The summed E-state index contributed by atoms with van der Waals surface area (Å²) in [6.45, 7) is 2.11. The van der Waals surface area contributed by atoms with Gasteiger partial charge in [0.25, 0.3) is 0 Å². The minimum atomic E-state index is 0.308. The van der Waals surface area contributed by atoms with Gasteiger partial charge in [-0.3, -0.25) is 4.98 Å². The van der Waals surface area contributed by atoms with Gasteiger partial charge in [0.15, 0.2) is 0 Å². The first kappa shape index (κ1) is 9.55. The van der Waals surface area contributed by atoms with E-state index in [-0.39, 0.29) is 0 Å². The van der Waals surface area contributed by atoms with Gasteiger partial charge in [0.1, 0.15) is 0 Å². The van der Waals surface area contributed by atoms with Crippen LogP contribution in [0.4, 0.5) is 0 Å². The number of pyridine rings is 1. The topological polar surface area (TPSA) is 38.9 Å². The second-order valence-electron chi connectivity index (χ2n) is 2.66. The summed E-state index contributed by atoms with van der Waals surface area (Å²) in [4.78, 5) is 5.19. The van der Waals surface area contributed by atoms with Crippen LogP contribution in [0.25, 0.3) is 0 Å². The summed E-state index contributed by atoms with van der Waals surface area (Å²) in [5.74, 6) is 0.987. The Labute approximate surface area is 77.6 Å². The lowest BCUT2D eigenvalue weighted by Gasteiger charge is -2.06. The van der Waals surface area contributed by atoms with E-state index < -0.39 is 0 Å². The number of rotatable bonds is 4. The highest BCUT2D eigenvalue weighted by Crippen LogP contribution is 2.16. The highest BCUT2D eigenvalue weighted by Gasteiger charge is 1.99. The zero-order chi connectivity index (χ0) is 8.81. The summed E-state index contributed by atoms with van der Waals surface area (Å²) in [6.07, 6.45) is 4.65. The molecule has 12 heavy (non-hydrogen) atoms. The summed E-state index contributed by atoms with van der Waals surface area (Å²) >= 11 is 1.79. The summed E-state index contributed by atoms with van der Waals surface area (Å²) < 4.78 is 0. The lowest BCUT2D eigenvalue weighted by molar-refractivity contribution is 0.725. The smallest absolute Gasteiger partial charge is 0.0278 e. The van der Waals surface area contributed by atoms with E-state index in [1.165, 1.54) is 4.90 Å². The minimum absolute atomic E-state index is 0.308. The van der Waals surface area contributed by atoms with Gasteiger partial charge in [-0.1, -0.05) is 6.92 Å². The summed E-state index contributed by atoms with van der Waals surface area (Å²) in [5, 5.41) is 0. The quantitative estimate of drug-likeness (QED) is 0.723. The maximum absolute atomic E-state index is 5.78. The van der Waals surface area contributed by atoms with E-state index in [9.17, 15) is 0 Å². The number of hydrogen-bond donors (Lipinski definition) is 1. The zero-order valence-electron chi connectivity index (χ0n) is 7.23. The third-order valence-corrected chi connectivity index (χ3v) is 2.84. The molecular formula is C9H14N2S. The predicted molar refractivity (Wildman–Crippen MR) is 53.2 cm³/mol. The van der Waals surface area contributed by atoms with Crippen molar-refractivity contribution in [3.8, 4) is 0 Å². The van der Waals surface area contributed by atoms with E-state index in [0.717, 1.165) is 12.2 Å². The van der Waals surface area contributed by atoms with Gasteiger partial charge in [0.05, 0.1) is 0 Å². The number of thioether (sulfide) groups is 1. The summed E-state index contributed by atoms with van der Waals surface area (Å²) in [5.41, 5.74) is 5.78. The highest BCUT2D eigenvalue weighted by molar-refractivity contribution is 7.99. The molecule has 0 aromatic carbocycles. The van der Waals surface area contributed by atoms with E-state index in [4.69, 9.17) is 5.73 Å². The largest absolute Gasteiger partial charge is 0.327 e. The molecule has 1 rings (SSSR count). The van der Waals surface area contributed by atoms with Gasteiger partial charge in [-0.05, 0) is 18.6 Å². The maximum Gasteiger partial charge on any atom is 0.0278 e. The molecule has 3 heteroatoms. The lowest BCUT2D eigenvalue weighted by Crippen LogP contribution is -2.21. The Bertz CT molecular complexity index is 213. The van der Waals surface area contributed by atoms with Gasteiger partial charge >= 0.3 is 0 Å². The molecule has 2 N–H and O–H groups in total. The van der Waals surface area contributed by atoms with Crippen LogP contribution in [0.15, 0.2) is 29.4 Å². The first-order chi connectivity index (χ1) is 5.83. The Morgan fingerprint density at radius 2 is 2.17 bits per heavy atom. The van der Waals surface area contributed by atoms with Crippen molar-refractivity contribution in [2.45, 2.75) is 24.3 Å². The second-order valence-corrected chi connectivity index (χ2v) is 3.76. The lowest BCUT2D eigenvalue weighted by atomic mass is 10.3. The predicted octanol–water partition coefficient (Wildman–Crippen LogP) is 1.91. The number of nitrogens with two attached hydrogens (primary N) is 1. The molecule has 0 radical (unpaired) electrons. The molecule has 0 aliphatic rings. The van der Waals surface area contributed by atoms with Gasteiger partial charge in [0, 0.05) is 29.1 Å². The average Bonchev–Trinajstić information content (AvgIpc) is 2.16. The molecule has 0 saturated carbocycles.